The summed E-state index contributed by atoms with van der Waals surface area (Å²) in [6, 6.07) is 11.6. The quantitative estimate of drug-likeness (QED) is 0.808. The van der Waals surface area contributed by atoms with Crippen LogP contribution in [0.3, 0.4) is 0 Å². The lowest BCUT2D eigenvalue weighted by Crippen LogP contribution is -2.31. The Bertz CT molecular complexity index is 870. The van der Waals surface area contributed by atoms with Crippen molar-refractivity contribution in [2.45, 2.75) is 12.3 Å². The minimum absolute atomic E-state index is 0.00519. The zero-order valence-electron chi connectivity index (χ0n) is 16.2. The van der Waals surface area contributed by atoms with Crippen molar-refractivity contribution in [3.8, 4) is 0 Å². The SMILES string of the molecule is Cc1cc(C(=O)NCCN(C)C)ccc1N1C(=O)CSC1c1ccc(F)cc1. The van der Waals surface area contributed by atoms with Gasteiger partial charge in [-0.15, -0.1) is 11.8 Å². The summed E-state index contributed by atoms with van der Waals surface area (Å²) in [5.41, 5.74) is 3.07. The molecule has 1 unspecified atom stereocenters. The molecular weight excluding hydrogens is 377 g/mol. The Balaban J connectivity index is 1.81. The molecule has 1 aliphatic heterocycles. The molecule has 1 fully saturated rings. The van der Waals surface area contributed by atoms with Gasteiger partial charge >= 0.3 is 0 Å². The van der Waals surface area contributed by atoms with E-state index in [9.17, 15) is 14.0 Å². The molecule has 5 nitrogen and oxygen atoms in total. The predicted molar refractivity (Wildman–Crippen MR) is 111 cm³/mol. The third-order valence-electron chi connectivity index (χ3n) is 4.59. The molecule has 1 heterocycles. The summed E-state index contributed by atoms with van der Waals surface area (Å²) in [7, 11) is 3.90. The number of nitrogens with one attached hydrogen (secondary N) is 1. The van der Waals surface area contributed by atoms with Gasteiger partial charge in [0.25, 0.3) is 5.91 Å². The smallest absolute Gasteiger partial charge is 0.251 e. The number of anilines is 1. The van der Waals surface area contributed by atoms with Crippen molar-refractivity contribution in [2.75, 3.05) is 37.8 Å². The predicted octanol–water partition coefficient (Wildman–Crippen LogP) is 3.20. The van der Waals surface area contributed by atoms with Crippen LogP contribution in [-0.4, -0.2) is 49.7 Å². The summed E-state index contributed by atoms with van der Waals surface area (Å²) in [4.78, 5) is 28.6. The highest BCUT2D eigenvalue weighted by atomic mass is 32.2. The molecule has 2 amide bonds. The number of hydrogen-bond acceptors (Lipinski definition) is 4. The van der Waals surface area contributed by atoms with Gasteiger partial charge in [-0.1, -0.05) is 12.1 Å². The van der Waals surface area contributed by atoms with E-state index in [4.69, 9.17) is 0 Å². The fourth-order valence-electron chi connectivity index (χ4n) is 3.12. The lowest BCUT2D eigenvalue weighted by atomic mass is 10.1. The molecule has 7 heteroatoms. The maximum Gasteiger partial charge on any atom is 0.251 e. The van der Waals surface area contributed by atoms with Crippen LogP contribution in [0.2, 0.25) is 0 Å². The average Bonchev–Trinajstić information content (AvgIpc) is 3.03. The number of nitrogens with zero attached hydrogens (tertiary/aromatic N) is 2. The van der Waals surface area contributed by atoms with Crippen LogP contribution in [0, 0.1) is 12.7 Å². The van der Waals surface area contributed by atoms with Gasteiger partial charge in [0.05, 0.1) is 5.75 Å². The third-order valence-corrected chi connectivity index (χ3v) is 5.80. The summed E-state index contributed by atoms with van der Waals surface area (Å²) in [5.74, 6) is -0.0569. The molecule has 0 spiro atoms. The van der Waals surface area contributed by atoms with Crippen molar-refractivity contribution in [1.29, 1.82) is 0 Å². The van der Waals surface area contributed by atoms with Crippen LogP contribution in [0.5, 0.6) is 0 Å². The number of amides is 2. The number of thioether (sulfide) groups is 1. The Morgan fingerprint density at radius 2 is 1.96 bits per heavy atom. The van der Waals surface area contributed by atoms with E-state index >= 15 is 0 Å². The first kappa shape index (κ1) is 20.4. The number of hydrogen-bond donors (Lipinski definition) is 1. The van der Waals surface area contributed by atoms with Crippen LogP contribution in [0.4, 0.5) is 10.1 Å². The molecule has 2 aromatic rings. The Labute approximate surface area is 168 Å². The molecule has 0 saturated carbocycles. The fraction of sp³-hybridized carbons (Fsp3) is 0.333. The number of carbonyl (C=O) groups is 2. The van der Waals surface area contributed by atoms with Crippen LogP contribution in [0.1, 0.15) is 26.9 Å². The summed E-state index contributed by atoms with van der Waals surface area (Å²) >= 11 is 1.52. The molecule has 28 heavy (non-hydrogen) atoms. The molecule has 0 aliphatic carbocycles. The van der Waals surface area contributed by atoms with E-state index in [2.05, 4.69) is 5.32 Å². The van der Waals surface area contributed by atoms with Gasteiger partial charge in [0.2, 0.25) is 5.91 Å². The average molecular weight is 402 g/mol. The van der Waals surface area contributed by atoms with E-state index in [0.29, 0.717) is 17.9 Å². The third kappa shape index (κ3) is 4.54. The van der Waals surface area contributed by atoms with E-state index in [1.54, 1.807) is 29.2 Å². The maximum atomic E-state index is 13.3. The summed E-state index contributed by atoms with van der Waals surface area (Å²) in [5, 5.41) is 2.69. The van der Waals surface area contributed by atoms with Gasteiger partial charge in [-0.25, -0.2) is 4.39 Å². The molecule has 2 aromatic carbocycles. The van der Waals surface area contributed by atoms with Gasteiger partial charge in [0, 0.05) is 24.3 Å². The lowest BCUT2D eigenvalue weighted by molar-refractivity contribution is -0.115. The van der Waals surface area contributed by atoms with Crippen molar-refractivity contribution >= 4 is 29.3 Å². The number of halogens is 1. The van der Waals surface area contributed by atoms with Gasteiger partial charge in [0.15, 0.2) is 0 Å². The van der Waals surface area contributed by atoms with E-state index < -0.39 is 0 Å². The van der Waals surface area contributed by atoms with E-state index in [0.717, 1.165) is 23.4 Å². The summed E-state index contributed by atoms with van der Waals surface area (Å²) in [6.07, 6.45) is 0. The van der Waals surface area contributed by atoms with E-state index in [-0.39, 0.29) is 23.0 Å². The molecule has 1 saturated heterocycles. The highest BCUT2D eigenvalue weighted by Gasteiger charge is 2.34. The zero-order valence-corrected chi connectivity index (χ0v) is 17.1. The van der Waals surface area contributed by atoms with Crippen molar-refractivity contribution < 1.29 is 14.0 Å². The van der Waals surface area contributed by atoms with Crippen LogP contribution in [0.25, 0.3) is 0 Å². The number of carbonyl (C=O) groups excluding carboxylic acids is 2. The monoisotopic (exact) mass is 401 g/mol. The molecule has 3 rings (SSSR count). The number of rotatable bonds is 6. The molecule has 1 N–H and O–H groups in total. The first-order valence-corrected chi connectivity index (χ1v) is 10.1. The normalized spacial score (nSPS) is 16.7. The van der Waals surface area contributed by atoms with Crippen LogP contribution < -0.4 is 10.2 Å². The molecule has 148 valence electrons. The van der Waals surface area contributed by atoms with E-state index in [1.165, 1.54) is 23.9 Å². The number of aryl methyl sites for hydroxylation is 1. The van der Waals surface area contributed by atoms with Crippen LogP contribution in [-0.2, 0) is 4.79 Å². The van der Waals surface area contributed by atoms with Gasteiger partial charge in [-0.05, 0) is 62.5 Å². The molecule has 0 aromatic heterocycles. The fourth-order valence-corrected chi connectivity index (χ4v) is 4.29. The maximum absolute atomic E-state index is 13.3. The zero-order chi connectivity index (χ0) is 20.3. The van der Waals surface area contributed by atoms with Crippen LogP contribution in [0.15, 0.2) is 42.5 Å². The Morgan fingerprint density at radius 3 is 2.61 bits per heavy atom. The van der Waals surface area contributed by atoms with Crippen molar-refractivity contribution in [2.24, 2.45) is 0 Å². The topological polar surface area (TPSA) is 52.7 Å². The van der Waals surface area contributed by atoms with Gasteiger partial charge in [0.1, 0.15) is 11.2 Å². The van der Waals surface area contributed by atoms with Crippen molar-refractivity contribution in [1.82, 2.24) is 10.2 Å². The van der Waals surface area contributed by atoms with Gasteiger partial charge in [-0.2, -0.15) is 0 Å². The molecule has 1 aliphatic rings. The van der Waals surface area contributed by atoms with Gasteiger partial charge in [-0.3, -0.25) is 14.5 Å². The number of benzene rings is 2. The summed E-state index contributed by atoms with van der Waals surface area (Å²) in [6.45, 7) is 3.23. The summed E-state index contributed by atoms with van der Waals surface area (Å²) < 4.78 is 13.3. The molecule has 0 radical (unpaired) electrons. The highest BCUT2D eigenvalue weighted by molar-refractivity contribution is 8.00. The lowest BCUT2D eigenvalue weighted by Gasteiger charge is -2.26. The molecule has 1 atom stereocenters. The standard InChI is InChI=1S/C21H24FN3O2S/c1-14-12-16(20(27)23-10-11-24(2)3)6-9-18(14)25-19(26)13-28-21(25)15-4-7-17(22)8-5-15/h4-9,12,21H,10-11,13H2,1-3H3,(H,23,27). The second kappa shape index (κ2) is 8.75. The Kier molecular flexibility index (Phi) is 6.36. The molecule has 0 bridgehead atoms. The van der Waals surface area contributed by atoms with Crippen molar-refractivity contribution in [3.63, 3.8) is 0 Å². The Morgan fingerprint density at radius 1 is 1.25 bits per heavy atom. The molecular formula is C21H24FN3O2S. The largest absolute Gasteiger partial charge is 0.351 e. The van der Waals surface area contributed by atoms with E-state index in [1.807, 2.05) is 32.0 Å². The number of likely N-dealkylation sites (N-methyl/N-ethyl adjacent to an activating group) is 1. The minimum atomic E-state index is -0.301. The second-order valence-electron chi connectivity index (χ2n) is 7.04. The highest BCUT2D eigenvalue weighted by Crippen LogP contribution is 2.42. The first-order chi connectivity index (χ1) is 13.4. The van der Waals surface area contributed by atoms with Gasteiger partial charge < -0.3 is 10.2 Å². The Hall–Kier alpha value is -2.38. The second-order valence-corrected chi connectivity index (χ2v) is 8.11. The van der Waals surface area contributed by atoms with Crippen LogP contribution >= 0.6 is 11.8 Å². The van der Waals surface area contributed by atoms with Crippen molar-refractivity contribution in [3.05, 3.63) is 65.0 Å². The minimum Gasteiger partial charge on any atom is -0.351 e. The first-order valence-electron chi connectivity index (χ1n) is 9.09.